The number of anilines is 1. The molecule has 160 valence electrons. The number of aryl methyl sites for hydroxylation is 1. The molecule has 2 heterocycles. The summed E-state index contributed by atoms with van der Waals surface area (Å²) in [6.07, 6.45) is 0. The highest BCUT2D eigenvalue weighted by molar-refractivity contribution is 5.94. The van der Waals surface area contributed by atoms with Crippen LogP contribution in [0.1, 0.15) is 27.3 Å². The predicted octanol–water partition coefficient (Wildman–Crippen LogP) is 3.42. The first-order valence-corrected chi connectivity index (χ1v) is 10.3. The summed E-state index contributed by atoms with van der Waals surface area (Å²) in [5.41, 5.74) is 3.76. The maximum Gasteiger partial charge on any atom is 0.312 e. The topological polar surface area (TPSA) is 84.5 Å². The Bertz CT molecular complexity index is 1080. The van der Waals surface area contributed by atoms with E-state index in [1.807, 2.05) is 47.4 Å². The van der Waals surface area contributed by atoms with Crippen LogP contribution >= 0.6 is 0 Å². The molecule has 1 aromatic heterocycles. The van der Waals surface area contributed by atoms with Gasteiger partial charge in [0, 0.05) is 37.4 Å². The summed E-state index contributed by atoms with van der Waals surface area (Å²) >= 11 is 0. The number of aromatic nitrogens is 2. The Morgan fingerprint density at radius 2 is 1.65 bits per heavy atom. The molecule has 0 atom stereocenters. The Kier molecular flexibility index (Phi) is 5.70. The highest BCUT2D eigenvalue weighted by Crippen LogP contribution is 2.23. The molecule has 0 radical (unpaired) electrons. The van der Waals surface area contributed by atoms with Crippen LogP contribution in [0, 0.1) is 24.0 Å². The number of nitrogens with zero attached hydrogens (tertiary/aromatic N) is 5. The van der Waals surface area contributed by atoms with E-state index in [0.29, 0.717) is 36.6 Å². The Morgan fingerprint density at radius 1 is 1.00 bits per heavy atom. The lowest BCUT2D eigenvalue weighted by atomic mass is 10.1. The number of hydrogen-bond donors (Lipinski definition) is 0. The molecule has 0 saturated carbocycles. The maximum absolute atomic E-state index is 12.9. The second-order valence-electron chi connectivity index (χ2n) is 7.75. The highest BCUT2D eigenvalue weighted by atomic mass is 16.6. The molecule has 1 saturated heterocycles. The molecular formula is C23H25N5O3. The van der Waals surface area contributed by atoms with Gasteiger partial charge in [-0.25, -0.2) is 0 Å². The molecule has 0 spiro atoms. The molecule has 3 aromatic rings. The largest absolute Gasteiger partial charge is 0.368 e. The third-order valence-electron chi connectivity index (χ3n) is 5.75. The molecule has 1 fully saturated rings. The zero-order chi connectivity index (χ0) is 22.0. The van der Waals surface area contributed by atoms with Crippen LogP contribution < -0.4 is 4.90 Å². The second-order valence-corrected chi connectivity index (χ2v) is 7.75. The summed E-state index contributed by atoms with van der Waals surface area (Å²) in [4.78, 5) is 27.9. The number of carbonyl (C=O) groups excluding carboxylic acids is 1. The zero-order valence-corrected chi connectivity index (χ0v) is 17.7. The van der Waals surface area contributed by atoms with E-state index in [1.54, 1.807) is 18.5 Å². The lowest BCUT2D eigenvalue weighted by molar-refractivity contribution is -0.386. The molecule has 8 nitrogen and oxygen atoms in total. The monoisotopic (exact) mass is 419 g/mol. The van der Waals surface area contributed by atoms with Crippen molar-refractivity contribution in [2.24, 2.45) is 0 Å². The fourth-order valence-corrected chi connectivity index (χ4v) is 4.02. The summed E-state index contributed by atoms with van der Waals surface area (Å²) in [6, 6.07) is 17.6. The molecule has 0 bridgehead atoms. The van der Waals surface area contributed by atoms with Gasteiger partial charge in [-0.2, -0.15) is 5.10 Å². The Labute approximate surface area is 180 Å². The van der Waals surface area contributed by atoms with E-state index in [4.69, 9.17) is 0 Å². The van der Waals surface area contributed by atoms with Crippen molar-refractivity contribution in [3.63, 3.8) is 0 Å². The van der Waals surface area contributed by atoms with Crippen LogP contribution in [0.4, 0.5) is 11.4 Å². The number of para-hydroxylation sites is 1. The van der Waals surface area contributed by atoms with Gasteiger partial charge >= 0.3 is 5.69 Å². The van der Waals surface area contributed by atoms with Crippen LogP contribution in [-0.4, -0.2) is 51.7 Å². The van der Waals surface area contributed by atoms with E-state index < -0.39 is 4.92 Å². The van der Waals surface area contributed by atoms with E-state index in [9.17, 15) is 14.9 Å². The molecule has 1 aliphatic rings. The van der Waals surface area contributed by atoms with Gasteiger partial charge in [-0.1, -0.05) is 30.3 Å². The molecule has 1 amide bonds. The average molecular weight is 419 g/mol. The van der Waals surface area contributed by atoms with Gasteiger partial charge in [-0.05, 0) is 43.7 Å². The van der Waals surface area contributed by atoms with Crippen molar-refractivity contribution < 1.29 is 9.72 Å². The zero-order valence-electron chi connectivity index (χ0n) is 17.7. The summed E-state index contributed by atoms with van der Waals surface area (Å²) in [5.74, 6) is 0.0287. The second kappa shape index (κ2) is 8.59. The number of nitro groups is 1. The standard InChI is InChI=1S/C23H25N5O3/c1-17-22(28(30)31)18(2)27(24-17)16-19-8-10-20(11-9-19)23(29)26-14-12-25(13-15-26)21-6-4-3-5-7-21/h3-11H,12-16H2,1-2H3. The van der Waals surface area contributed by atoms with Gasteiger partial charge in [0.1, 0.15) is 11.4 Å². The molecule has 1 aliphatic heterocycles. The maximum atomic E-state index is 12.9. The van der Waals surface area contributed by atoms with Crippen LogP contribution in [0.5, 0.6) is 0 Å². The summed E-state index contributed by atoms with van der Waals surface area (Å²) < 4.78 is 1.63. The summed E-state index contributed by atoms with van der Waals surface area (Å²) in [5, 5.41) is 15.5. The first-order valence-electron chi connectivity index (χ1n) is 10.3. The number of rotatable bonds is 5. The van der Waals surface area contributed by atoms with Gasteiger partial charge < -0.3 is 9.80 Å². The minimum atomic E-state index is -0.395. The van der Waals surface area contributed by atoms with Crippen molar-refractivity contribution in [3.8, 4) is 0 Å². The molecule has 4 rings (SSSR count). The quantitative estimate of drug-likeness (QED) is 0.467. The Morgan fingerprint density at radius 3 is 2.23 bits per heavy atom. The van der Waals surface area contributed by atoms with Gasteiger partial charge in [-0.15, -0.1) is 0 Å². The molecular weight excluding hydrogens is 394 g/mol. The van der Waals surface area contributed by atoms with Crippen molar-refractivity contribution in [1.82, 2.24) is 14.7 Å². The van der Waals surface area contributed by atoms with Crippen LogP contribution in [-0.2, 0) is 6.54 Å². The van der Waals surface area contributed by atoms with E-state index in [1.165, 1.54) is 5.69 Å². The SMILES string of the molecule is Cc1nn(Cc2ccc(C(=O)N3CCN(c4ccccc4)CC3)cc2)c(C)c1[N+](=O)[O-]. The van der Waals surface area contributed by atoms with E-state index in [-0.39, 0.29) is 11.6 Å². The van der Waals surface area contributed by atoms with Gasteiger partial charge in [0.15, 0.2) is 0 Å². The van der Waals surface area contributed by atoms with Crippen molar-refractivity contribution in [2.45, 2.75) is 20.4 Å². The highest BCUT2D eigenvalue weighted by Gasteiger charge is 2.23. The normalized spacial score (nSPS) is 14.0. The minimum absolute atomic E-state index is 0.0287. The van der Waals surface area contributed by atoms with Gasteiger partial charge in [-0.3, -0.25) is 19.6 Å². The lowest BCUT2D eigenvalue weighted by Crippen LogP contribution is -2.48. The number of hydrogen-bond acceptors (Lipinski definition) is 5. The third-order valence-corrected chi connectivity index (χ3v) is 5.75. The van der Waals surface area contributed by atoms with Crippen molar-refractivity contribution in [1.29, 1.82) is 0 Å². The van der Waals surface area contributed by atoms with Crippen molar-refractivity contribution in [3.05, 3.63) is 87.2 Å². The fourth-order valence-electron chi connectivity index (χ4n) is 4.02. The molecule has 2 aromatic carbocycles. The van der Waals surface area contributed by atoms with Gasteiger partial charge in [0.2, 0.25) is 0 Å². The third kappa shape index (κ3) is 4.28. The van der Waals surface area contributed by atoms with Crippen LogP contribution in [0.2, 0.25) is 0 Å². The lowest BCUT2D eigenvalue weighted by Gasteiger charge is -2.36. The van der Waals surface area contributed by atoms with E-state index in [0.717, 1.165) is 18.7 Å². The molecule has 0 aliphatic carbocycles. The first kappa shape index (κ1) is 20.6. The number of carbonyl (C=O) groups is 1. The number of benzene rings is 2. The first-order chi connectivity index (χ1) is 14.9. The van der Waals surface area contributed by atoms with Gasteiger partial charge in [0.05, 0.1) is 11.5 Å². The summed E-state index contributed by atoms with van der Waals surface area (Å²) in [6.45, 7) is 6.75. The van der Waals surface area contributed by atoms with E-state index in [2.05, 4.69) is 22.1 Å². The minimum Gasteiger partial charge on any atom is -0.368 e. The fraction of sp³-hybridized carbons (Fsp3) is 0.304. The smallest absolute Gasteiger partial charge is 0.312 e. The number of piperazine rings is 1. The Balaban J connectivity index is 1.39. The number of amides is 1. The predicted molar refractivity (Wildman–Crippen MR) is 118 cm³/mol. The van der Waals surface area contributed by atoms with Crippen molar-refractivity contribution in [2.75, 3.05) is 31.1 Å². The summed E-state index contributed by atoms with van der Waals surface area (Å²) in [7, 11) is 0. The average Bonchev–Trinajstić information content (AvgIpc) is 3.07. The van der Waals surface area contributed by atoms with Gasteiger partial charge in [0.25, 0.3) is 5.91 Å². The molecule has 31 heavy (non-hydrogen) atoms. The Hall–Kier alpha value is -3.68. The van der Waals surface area contributed by atoms with E-state index >= 15 is 0 Å². The molecule has 0 unspecified atom stereocenters. The molecule has 0 N–H and O–H groups in total. The van der Waals surface area contributed by atoms with Crippen LogP contribution in [0.15, 0.2) is 54.6 Å². The van der Waals surface area contributed by atoms with Crippen LogP contribution in [0.3, 0.4) is 0 Å². The molecule has 8 heteroatoms. The van der Waals surface area contributed by atoms with Crippen LogP contribution in [0.25, 0.3) is 0 Å². The van der Waals surface area contributed by atoms with Crippen molar-refractivity contribution >= 4 is 17.3 Å².